The molecule has 0 bridgehead atoms. The normalized spacial score (nSPS) is 10.4. The van der Waals surface area contributed by atoms with E-state index in [9.17, 15) is 10.1 Å². The van der Waals surface area contributed by atoms with E-state index in [1.807, 2.05) is 24.3 Å². The Balaban J connectivity index is 2.08. The number of nitrogens with zero attached hydrogens (tertiary/aromatic N) is 1. The van der Waals surface area contributed by atoms with E-state index in [0.29, 0.717) is 23.8 Å². The summed E-state index contributed by atoms with van der Waals surface area (Å²) < 4.78 is 0. The van der Waals surface area contributed by atoms with Gasteiger partial charge in [0.25, 0.3) is 5.69 Å². The molecule has 6 heteroatoms. The second kappa shape index (κ2) is 7.06. The van der Waals surface area contributed by atoms with Gasteiger partial charge in [0.05, 0.1) is 4.92 Å². The van der Waals surface area contributed by atoms with Gasteiger partial charge in [0.2, 0.25) is 0 Å². The molecule has 0 saturated heterocycles. The Morgan fingerprint density at radius 3 is 2.43 bits per heavy atom. The van der Waals surface area contributed by atoms with E-state index < -0.39 is 4.92 Å². The zero-order valence-electron chi connectivity index (χ0n) is 11.4. The first kappa shape index (κ1) is 15.3. The quantitative estimate of drug-likeness (QED) is 0.633. The van der Waals surface area contributed by atoms with Gasteiger partial charge >= 0.3 is 0 Å². The van der Waals surface area contributed by atoms with Crippen LogP contribution in [0.4, 0.5) is 11.4 Å². The number of nitrogens with two attached hydrogens (primary N) is 1. The first-order chi connectivity index (χ1) is 10.1. The van der Waals surface area contributed by atoms with Crippen LogP contribution in [0.15, 0.2) is 42.5 Å². The third-order valence-electron chi connectivity index (χ3n) is 3.09. The van der Waals surface area contributed by atoms with Gasteiger partial charge in [-0.1, -0.05) is 35.9 Å². The summed E-state index contributed by atoms with van der Waals surface area (Å²) in [6.45, 7) is 1.11. The van der Waals surface area contributed by atoms with Gasteiger partial charge in [0.15, 0.2) is 0 Å². The van der Waals surface area contributed by atoms with E-state index in [0.717, 1.165) is 12.0 Å². The number of hydrogen-bond acceptors (Lipinski definition) is 4. The molecule has 21 heavy (non-hydrogen) atoms. The maximum Gasteiger partial charge on any atom is 0.292 e. The van der Waals surface area contributed by atoms with Gasteiger partial charge in [-0.2, -0.15) is 0 Å². The van der Waals surface area contributed by atoms with E-state index in [1.165, 1.54) is 17.7 Å². The van der Waals surface area contributed by atoms with Gasteiger partial charge in [-0.25, -0.2) is 0 Å². The lowest BCUT2D eigenvalue weighted by molar-refractivity contribution is -0.384. The molecule has 0 radical (unpaired) electrons. The maximum atomic E-state index is 11.0. The Morgan fingerprint density at radius 1 is 1.14 bits per heavy atom. The third-order valence-corrected chi connectivity index (χ3v) is 3.33. The molecule has 2 rings (SSSR count). The number of rotatable bonds is 6. The highest BCUT2D eigenvalue weighted by Gasteiger charge is 2.13. The minimum Gasteiger partial charge on any atom is -0.375 e. The van der Waals surface area contributed by atoms with Crippen molar-refractivity contribution in [3.63, 3.8) is 0 Å². The number of nitro groups is 1. The average Bonchev–Trinajstić information content (AvgIpc) is 2.46. The number of halogens is 1. The van der Waals surface area contributed by atoms with Gasteiger partial charge in [-0.05, 0) is 36.2 Å². The molecule has 0 unspecified atom stereocenters. The van der Waals surface area contributed by atoms with Gasteiger partial charge in [0, 0.05) is 17.6 Å². The van der Waals surface area contributed by atoms with Crippen molar-refractivity contribution in [1.82, 2.24) is 0 Å². The highest BCUT2D eigenvalue weighted by atomic mass is 35.5. The second-order valence-electron chi connectivity index (χ2n) is 4.63. The Morgan fingerprint density at radius 2 is 1.81 bits per heavy atom. The van der Waals surface area contributed by atoms with Crippen LogP contribution in [0.3, 0.4) is 0 Å². The molecule has 5 nitrogen and oxygen atoms in total. The predicted molar refractivity (Wildman–Crippen MR) is 84.6 cm³/mol. The van der Waals surface area contributed by atoms with Crippen LogP contribution >= 0.6 is 11.6 Å². The maximum absolute atomic E-state index is 11.0. The summed E-state index contributed by atoms with van der Waals surface area (Å²) in [5, 5.41) is 14.5. The molecule has 2 aromatic rings. The summed E-state index contributed by atoms with van der Waals surface area (Å²) in [4.78, 5) is 10.5. The highest BCUT2D eigenvalue weighted by molar-refractivity contribution is 6.31. The standard InChI is InChI=1S/C15H16ClN3O2/c16-13-5-6-15(19(20)21)14(9-13)18-10-12-3-1-11(2-4-12)7-8-17/h1-6,9,18H,7-8,10,17H2. The highest BCUT2D eigenvalue weighted by Crippen LogP contribution is 2.28. The lowest BCUT2D eigenvalue weighted by atomic mass is 10.1. The van der Waals surface area contributed by atoms with Crippen molar-refractivity contribution in [3.05, 3.63) is 68.7 Å². The van der Waals surface area contributed by atoms with E-state index in [4.69, 9.17) is 17.3 Å². The van der Waals surface area contributed by atoms with Crippen molar-refractivity contribution in [2.24, 2.45) is 5.73 Å². The van der Waals surface area contributed by atoms with Crippen molar-refractivity contribution < 1.29 is 4.92 Å². The van der Waals surface area contributed by atoms with Crippen LogP contribution in [0.1, 0.15) is 11.1 Å². The van der Waals surface area contributed by atoms with Crippen molar-refractivity contribution in [1.29, 1.82) is 0 Å². The number of nitro benzene ring substituents is 1. The largest absolute Gasteiger partial charge is 0.375 e. The lowest BCUT2D eigenvalue weighted by Gasteiger charge is -2.08. The molecule has 3 N–H and O–H groups in total. The molecule has 0 aliphatic carbocycles. The molecule has 0 aromatic heterocycles. The molecule has 0 atom stereocenters. The SMILES string of the molecule is NCCc1ccc(CNc2cc(Cl)ccc2[N+](=O)[O-])cc1. The minimum absolute atomic E-state index is 0.0131. The number of hydrogen-bond donors (Lipinski definition) is 2. The molecule has 0 aliphatic rings. The van der Waals surface area contributed by atoms with E-state index in [-0.39, 0.29) is 5.69 Å². The number of anilines is 1. The fourth-order valence-electron chi connectivity index (χ4n) is 2.00. The lowest BCUT2D eigenvalue weighted by Crippen LogP contribution is -2.04. The second-order valence-corrected chi connectivity index (χ2v) is 5.06. The van der Waals surface area contributed by atoms with Crippen LogP contribution in [0, 0.1) is 10.1 Å². The first-order valence-corrected chi connectivity index (χ1v) is 6.93. The molecule has 0 amide bonds. The number of nitrogens with one attached hydrogen (secondary N) is 1. The van der Waals surface area contributed by atoms with Crippen LogP contribution < -0.4 is 11.1 Å². The Bertz CT molecular complexity index is 629. The van der Waals surface area contributed by atoms with Gasteiger partial charge in [-0.3, -0.25) is 10.1 Å². The molecule has 0 saturated carbocycles. The van der Waals surface area contributed by atoms with Gasteiger partial charge in [0.1, 0.15) is 5.69 Å². The zero-order valence-corrected chi connectivity index (χ0v) is 12.1. The van der Waals surface area contributed by atoms with Crippen LogP contribution in [-0.4, -0.2) is 11.5 Å². The molecule has 2 aromatic carbocycles. The fourth-order valence-corrected chi connectivity index (χ4v) is 2.17. The van der Waals surface area contributed by atoms with Crippen molar-refractivity contribution in [3.8, 4) is 0 Å². The van der Waals surface area contributed by atoms with Crippen molar-refractivity contribution >= 4 is 23.0 Å². The molecule has 0 spiro atoms. The zero-order chi connectivity index (χ0) is 15.2. The Hall–Kier alpha value is -2.11. The average molecular weight is 306 g/mol. The molecular weight excluding hydrogens is 290 g/mol. The van der Waals surface area contributed by atoms with Crippen LogP contribution in [0.25, 0.3) is 0 Å². The molecule has 0 fully saturated rings. The fraction of sp³-hybridized carbons (Fsp3) is 0.200. The van der Waals surface area contributed by atoms with Gasteiger partial charge in [-0.15, -0.1) is 0 Å². The van der Waals surface area contributed by atoms with E-state index in [2.05, 4.69) is 5.32 Å². The van der Waals surface area contributed by atoms with Crippen LogP contribution in [0.5, 0.6) is 0 Å². The smallest absolute Gasteiger partial charge is 0.292 e. The summed E-state index contributed by atoms with van der Waals surface area (Å²) in [6.07, 6.45) is 0.841. The summed E-state index contributed by atoms with van der Waals surface area (Å²) >= 11 is 5.88. The first-order valence-electron chi connectivity index (χ1n) is 6.56. The Labute approximate surface area is 127 Å². The molecule has 0 aliphatic heterocycles. The van der Waals surface area contributed by atoms with Crippen LogP contribution in [0.2, 0.25) is 5.02 Å². The summed E-state index contributed by atoms with van der Waals surface area (Å²) in [6, 6.07) is 12.4. The van der Waals surface area contributed by atoms with E-state index >= 15 is 0 Å². The third kappa shape index (κ3) is 4.18. The molecular formula is C15H16ClN3O2. The molecule has 0 heterocycles. The van der Waals surface area contributed by atoms with Crippen LogP contribution in [-0.2, 0) is 13.0 Å². The predicted octanol–water partition coefficient (Wildman–Crippen LogP) is 3.36. The summed E-state index contributed by atoms with van der Waals surface area (Å²) in [5.41, 5.74) is 8.14. The number of benzene rings is 2. The monoisotopic (exact) mass is 305 g/mol. The minimum atomic E-state index is -0.428. The van der Waals surface area contributed by atoms with Gasteiger partial charge < -0.3 is 11.1 Å². The van der Waals surface area contributed by atoms with Crippen molar-refractivity contribution in [2.45, 2.75) is 13.0 Å². The topological polar surface area (TPSA) is 81.2 Å². The summed E-state index contributed by atoms with van der Waals surface area (Å²) in [7, 11) is 0. The van der Waals surface area contributed by atoms with Crippen molar-refractivity contribution in [2.75, 3.05) is 11.9 Å². The summed E-state index contributed by atoms with van der Waals surface area (Å²) in [5.74, 6) is 0. The van der Waals surface area contributed by atoms with E-state index in [1.54, 1.807) is 6.07 Å². The Kier molecular flexibility index (Phi) is 5.14. The molecule has 110 valence electrons.